The second-order valence-electron chi connectivity index (χ2n) is 4.80. The van der Waals surface area contributed by atoms with Gasteiger partial charge < -0.3 is 5.32 Å². The van der Waals surface area contributed by atoms with Crippen LogP contribution in [-0.2, 0) is 0 Å². The second kappa shape index (κ2) is 6.66. The molecule has 1 unspecified atom stereocenters. The molecule has 2 nitrogen and oxygen atoms in total. The van der Waals surface area contributed by atoms with Crippen molar-refractivity contribution in [1.82, 2.24) is 10.3 Å². The van der Waals surface area contributed by atoms with E-state index >= 15 is 0 Å². The molecule has 20 heavy (non-hydrogen) atoms. The van der Waals surface area contributed by atoms with Crippen molar-refractivity contribution in [3.63, 3.8) is 0 Å². The van der Waals surface area contributed by atoms with E-state index in [0.29, 0.717) is 5.02 Å². The van der Waals surface area contributed by atoms with Gasteiger partial charge in [-0.25, -0.2) is 9.37 Å². The zero-order valence-corrected chi connectivity index (χ0v) is 13.4. The lowest BCUT2D eigenvalue weighted by atomic mass is 10.2. The van der Waals surface area contributed by atoms with Crippen LogP contribution in [0.3, 0.4) is 0 Å². The molecule has 0 fully saturated rings. The first-order valence-corrected chi connectivity index (χ1v) is 7.88. The highest BCUT2D eigenvalue weighted by molar-refractivity contribution is 7.15. The molecule has 0 bridgehead atoms. The van der Waals surface area contributed by atoms with Gasteiger partial charge in [-0.05, 0) is 45.0 Å². The third-order valence-corrected chi connectivity index (χ3v) is 4.64. The van der Waals surface area contributed by atoms with E-state index in [2.05, 4.69) is 24.1 Å². The molecule has 0 aliphatic rings. The Hall–Kier alpha value is -0.970. The van der Waals surface area contributed by atoms with Gasteiger partial charge in [0.1, 0.15) is 10.8 Å². The summed E-state index contributed by atoms with van der Waals surface area (Å²) in [5.74, 6) is -0.334. The molecule has 0 aliphatic heterocycles. The first-order valence-electron chi connectivity index (χ1n) is 6.68. The van der Waals surface area contributed by atoms with Crippen LogP contribution < -0.4 is 5.32 Å². The third-order valence-electron chi connectivity index (χ3n) is 3.04. The standard InChI is InChI=1S/C15H18ClFN2S/c1-4-5-18-9(2)14-10(3)19-15(20-14)11-6-12(16)8-13(17)7-11/h6-9,18H,4-5H2,1-3H3. The minimum absolute atomic E-state index is 0.255. The van der Waals surface area contributed by atoms with Gasteiger partial charge in [0.05, 0.1) is 5.69 Å². The highest BCUT2D eigenvalue weighted by Gasteiger charge is 2.15. The predicted molar refractivity (Wildman–Crippen MR) is 84.0 cm³/mol. The SMILES string of the molecule is CCCNC(C)c1sc(-c2cc(F)cc(Cl)c2)nc1C. The van der Waals surface area contributed by atoms with Crippen LogP contribution in [0.1, 0.15) is 36.9 Å². The van der Waals surface area contributed by atoms with Gasteiger partial charge in [-0.2, -0.15) is 0 Å². The minimum Gasteiger partial charge on any atom is -0.309 e. The number of nitrogens with one attached hydrogen (secondary N) is 1. The zero-order chi connectivity index (χ0) is 14.7. The number of halogens is 2. The van der Waals surface area contributed by atoms with Gasteiger partial charge in [0, 0.05) is 21.5 Å². The summed E-state index contributed by atoms with van der Waals surface area (Å²) in [6, 6.07) is 4.78. The molecule has 1 atom stereocenters. The van der Waals surface area contributed by atoms with E-state index in [1.807, 2.05) is 6.92 Å². The summed E-state index contributed by atoms with van der Waals surface area (Å²) >= 11 is 7.49. The summed E-state index contributed by atoms with van der Waals surface area (Å²) in [4.78, 5) is 5.73. The molecule has 5 heteroatoms. The Bertz CT molecular complexity index is 577. The maximum atomic E-state index is 13.4. The van der Waals surface area contributed by atoms with E-state index in [9.17, 15) is 4.39 Å². The van der Waals surface area contributed by atoms with Crippen molar-refractivity contribution < 1.29 is 4.39 Å². The summed E-state index contributed by atoms with van der Waals surface area (Å²) in [6.45, 7) is 7.22. The minimum atomic E-state index is -0.334. The molecule has 0 aliphatic carbocycles. The van der Waals surface area contributed by atoms with Gasteiger partial charge in [-0.3, -0.25) is 0 Å². The lowest BCUT2D eigenvalue weighted by molar-refractivity contribution is 0.575. The largest absolute Gasteiger partial charge is 0.309 e. The molecule has 0 amide bonds. The molecule has 0 radical (unpaired) electrons. The molecule has 1 aromatic heterocycles. The molecule has 2 rings (SSSR count). The van der Waals surface area contributed by atoms with Gasteiger partial charge in [0.15, 0.2) is 0 Å². The highest BCUT2D eigenvalue weighted by Crippen LogP contribution is 2.33. The molecular weight excluding hydrogens is 295 g/mol. The van der Waals surface area contributed by atoms with Crippen molar-refractivity contribution in [2.45, 2.75) is 33.2 Å². The number of aromatic nitrogens is 1. The van der Waals surface area contributed by atoms with Crippen LogP contribution in [0, 0.1) is 12.7 Å². The molecule has 0 saturated carbocycles. The lowest BCUT2D eigenvalue weighted by Crippen LogP contribution is -2.18. The Labute approximate surface area is 128 Å². The Morgan fingerprint density at radius 2 is 2.15 bits per heavy atom. The van der Waals surface area contributed by atoms with Crippen molar-refractivity contribution in [2.75, 3.05) is 6.54 Å². The molecule has 0 spiro atoms. The van der Waals surface area contributed by atoms with Crippen molar-refractivity contribution in [3.8, 4) is 10.6 Å². The number of rotatable bonds is 5. The molecule has 108 valence electrons. The predicted octanol–water partition coefficient (Wildman–Crippen LogP) is 4.97. The summed E-state index contributed by atoms with van der Waals surface area (Å²) in [6.07, 6.45) is 1.09. The normalized spacial score (nSPS) is 12.7. The van der Waals surface area contributed by atoms with Crippen molar-refractivity contribution in [3.05, 3.63) is 39.6 Å². The van der Waals surface area contributed by atoms with E-state index in [-0.39, 0.29) is 11.9 Å². The smallest absolute Gasteiger partial charge is 0.125 e. The van der Waals surface area contributed by atoms with Crippen LogP contribution >= 0.6 is 22.9 Å². The molecule has 2 aromatic rings. The second-order valence-corrected chi connectivity index (χ2v) is 6.27. The monoisotopic (exact) mass is 312 g/mol. The van der Waals surface area contributed by atoms with E-state index in [1.54, 1.807) is 17.4 Å². The fourth-order valence-corrected chi connectivity index (χ4v) is 3.37. The average molecular weight is 313 g/mol. The van der Waals surface area contributed by atoms with Gasteiger partial charge in [-0.1, -0.05) is 18.5 Å². The summed E-state index contributed by atoms with van der Waals surface area (Å²) in [7, 11) is 0. The van der Waals surface area contributed by atoms with Crippen LogP contribution in [0.5, 0.6) is 0 Å². The Kier molecular flexibility index (Phi) is 5.13. The quantitative estimate of drug-likeness (QED) is 0.843. The maximum Gasteiger partial charge on any atom is 0.125 e. The average Bonchev–Trinajstić information content (AvgIpc) is 2.77. The van der Waals surface area contributed by atoms with E-state index in [0.717, 1.165) is 29.2 Å². The summed E-state index contributed by atoms with van der Waals surface area (Å²) in [5, 5.41) is 4.65. The van der Waals surface area contributed by atoms with Crippen LogP contribution in [0.2, 0.25) is 5.02 Å². The Morgan fingerprint density at radius 3 is 2.80 bits per heavy atom. The number of benzene rings is 1. The van der Waals surface area contributed by atoms with Crippen LogP contribution in [-0.4, -0.2) is 11.5 Å². The van der Waals surface area contributed by atoms with Crippen molar-refractivity contribution >= 4 is 22.9 Å². The van der Waals surface area contributed by atoms with Crippen molar-refractivity contribution in [1.29, 1.82) is 0 Å². The zero-order valence-electron chi connectivity index (χ0n) is 11.8. The first kappa shape index (κ1) is 15.4. The van der Waals surface area contributed by atoms with E-state index < -0.39 is 0 Å². The Balaban J connectivity index is 2.30. The number of hydrogen-bond acceptors (Lipinski definition) is 3. The molecule has 1 N–H and O–H groups in total. The van der Waals surface area contributed by atoms with Crippen LogP contribution in [0.15, 0.2) is 18.2 Å². The Morgan fingerprint density at radius 1 is 1.40 bits per heavy atom. The fourth-order valence-electron chi connectivity index (χ4n) is 2.06. The molecular formula is C15H18ClFN2S. The van der Waals surface area contributed by atoms with Gasteiger partial charge in [0.25, 0.3) is 0 Å². The first-order chi connectivity index (χ1) is 9.51. The number of nitrogens with zero attached hydrogens (tertiary/aromatic N) is 1. The maximum absolute atomic E-state index is 13.4. The number of aryl methyl sites for hydroxylation is 1. The summed E-state index contributed by atoms with van der Waals surface area (Å²) in [5.41, 5.74) is 1.72. The van der Waals surface area contributed by atoms with Gasteiger partial charge in [0.2, 0.25) is 0 Å². The lowest BCUT2D eigenvalue weighted by Gasteiger charge is -2.11. The fraction of sp³-hybridized carbons (Fsp3) is 0.400. The highest BCUT2D eigenvalue weighted by atomic mass is 35.5. The van der Waals surface area contributed by atoms with E-state index in [4.69, 9.17) is 11.6 Å². The topological polar surface area (TPSA) is 24.9 Å². The molecule has 0 saturated heterocycles. The van der Waals surface area contributed by atoms with Gasteiger partial charge in [-0.15, -0.1) is 11.3 Å². The number of hydrogen-bond donors (Lipinski definition) is 1. The number of thiazole rings is 1. The van der Waals surface area contributed by atoms with Crippen LogP contribution in [0.25, 0.3) is 10.6 Å². The molecule has 1 heterocycles. The van der Waals surface area contributed by atoms with Gasteiger partial charge >= 0.3 is 0 Å². The summed E-state index contributed by atoms with van der Waals surface area (Å²) < 4.78 is 13.4. The van der Waals surface area contributed by atoms with Crippen molar-refractivity contribution in [2.24, 2.45) is 0 Å². The van der Waals surface area contributed by atoms with Crippen LogP contribution in [0.4, 0.5) is 4.39 Å². The van der Waals surface area contributed by atoms with E-state index in [1.165, 1.54) is 17.0 Å². The molecule has 1 aromatic carbocycles. The third kappa shape index (κ3) is 3.57.